The molecule has 20 heavy (non-hydrogen) atoms. The first-order valence-corrected chi connectivity index (χ1v) is 8.29. The van der Waals surface area contributed by atoms with Gasteiger partial charge in [0.25, 0.3) is 0 Å². The van der Waals surface area contributed by atoms with Gasteiger partial charge in [-0.2, -0.15) is 0 Å². The first-order chi connectivity index (χ1) is 9.68. The molecule has 4 heteroatoms. The van der Waals surface area contributed by atoms with Gasteiger partial charge in [0.1, 0.15) is 12.1 Å². The van der Waals surface area contributed by atoms with Crippen molar-refractivity contribution in [3.05, 3.63) is 0 Å². The molecular formula is C16H26N2O2. The zero-order valence-corrected chi connectivity index (χ0v) is 12.5. The number of carbonyl (C=O) groups excluding carboxylic acids is 2. The topological polar surface area (TPSA) is 40.6 Å². The van der Waals surface area contributed by atoms with E-state index < -0.39 is 0 Å². The molecule has 3 rings (SSSR count). The molecule has 2 amide bonds. The Labute approximate surface area is 121 Å². The highest BCUT2D eigenvalue weighted by atomic mass is 16.2. The fraction of sp³-hybridized carbons (Fsp3) is 0.875. The molecule has 0 aromatic heterocycles. The summed E-state index contributed by atoms with van der Waals surface area (Å²) in [5.41, 5.74) is 0. The summed E-state index contributed by atoms with van der Waals surface area (Å²) in [5.74, 6) is 1.14. The molecule has 2 saturated heterocycles. The number of nitrogens with zero attached hydrogens (tertiary/aromatic N) is 2. The monoisotopic (exact) mass is 278 g/mol. The number of carbonyl (C=O) groups is 2. The highest BCUT2D eigenvalue weighted by Crippen LogP contribution is 2.30. The Balaban J connectivity index is 1.66. The van der Waals surface area contributed by atoms with Gasteiger partial charge in [0.15, 0.2) is 0 Å². The molecule has 0 radical (unpaired) electrons. The van der Waals surface area contributed by atoms with Crippen LogP contribution < -0.4 is 0 Å². The lowest BCUT2D eigenvalue weighted by molar-refractivity contribution is -0.163. The Bertz CT molecular complexity index is 390. The molecule has 2 unspecified atom stereocenters. The zero-order valence-electron chi connectivity index (χ0n) is 12.5. The average Bonchev–Trinajstić information content (AvgIpc) is 2.98. The van der Waals surface area contributed by atoms with Gasteiger partial charge in [0.2, 0.25) is 11.8 Å². The Morgan fingerprint density at radius 3 is 2.45 bits per heavy atom. The van der Waals surface area contributed by atoms with Gasteiger partial charge >= 0.3 is 0 Å². The van der Waals surface area contributed by atoms with E-state index in [0.717, 1.165) is 44.7 Å². The van der Waals surface area contributed by atoms with Crippen molar-refractivity contribution < 1.29 is 9.59 Å². The molecule has 112 valence electrons. The van der Waals surface area contributed by atoms with Crippen LogP contribution in [0.2, 0.25) is 0 Å². The van der Waals surface area contributed by atoms with Crippen molar-refractivity contribution in [2.45, 2.75) is 70.4 Å². The summed E-state index contributed by atoms with van der Waals surface area (Å²) < 4.78 is 0. The summed E-state index contributed by atoms with van der Waals surface area (Å²) >= 11 is 0. The Morgan fingerprint density at radius 1 is 1.00 bits per heavy atom. The van der Waals surface area contributed by atoms with Gasteiger partial charge in [-0.3, -0.25) is 9.59 Å². The summed E-state index contributed by atoms with van der Waals surface area (Å²) in [6, 6.07) is -0.408. The van der Waals surface area contributed by atoms with Crippen molar-refractivity contribution in [1.82, 2.24) is 9.80 Å². The number of rotatable bonds is 3. The molecule has 2 heterocycles. The van der Waals surface area contributed by atoms with Gasteiger partial charge in [0.05, 0.1) is 0 Å². The second-order valence-electron chi connectivity index (χ2n) is 6.69. The first-order valence-electron chi connectivity index (χ1n) is 8.29. The molecule has 0 aromatic carbocycles. The van der Waals surface area contributed by atoms with Crippen LogP contribution in [0.25, 0.3) is 0 Å². The number of piperidine rings is 1. The van der Waals surface area contributed by atoms with E-state index in [-0.39, 0.29) is 23.9 Å². The smallest absolute Gasteiger partial charge is 0.246 e. The quantitative estimate of drug-likeness (QED) is 0.794. The fourth-order valence-corrected chi connectivity index (χ4v) is 4.13. The molecule has 3 aliphatic rings. The maximum atomic E-state index is 12.7. The van der Waals surface area contributed by atoms with Crippen LogP contribution in [0.5, 0.6) is 0 Å². The lowest BCUT2D eigenvalue weighted by Crippen LogP contribution is -2.65. The molecule has 3 fully saturated rings. The molecule has 2 atom stereocenters. The van der Waals surface area contributed by atoms with Crippen LogP contribution in [0, 0.1) is 5.92 Å². The highest BCUT2D eigenvalue weighted by Gasteiger charge is 2.44. The van der Waals surface area contributed by atoms with E-state index in [1.165, 1.54) is 25.7 Å². The molecule has 0 N–H and O–H groups in total. The normalized spacial score (nSPS) is 31.9. The van der Waals surface area contributed by atoms with Crippen molar-refractivity contribution in [3.63, 3.8) is 0 Å². The molecular weight excluding hydrogens is 252 g/mol. The molecule has 0 spiro atoms. The minimum Gasteiger partial charge on any atom is -0.329 e. The predicted octanol–water partition coefficient (Wildman–Crippen LogP) is 2.18. The van der Waals surface area contributed by atoms with Gasteiger partial charge in [-0.25, -0.2) is 0 Å². The third-order valence-corrected chi connectivity index (χ3v) is 5.43. The van der Waals surface area contributed by atoms with Crippen molar-refractivity contribution >= 4 is 11.8 Å². The van der Waals surface area contributed by atoms with Crippen molar-refractivity contribution in [1.29, 1.82) is 0 Å². The van der Waals surface area contributed by atoms with Gasteiger partial charge < -0.3 is 9.80 Å². The van der Waals surface area contributed by atoms with Crippen LogP contribution in [0.1, 0.15) is 58.3 Å². The van der Waals surface area contributed by atoms with Crippen LogP contribution in [0.3, 0.4) is 0 Å². The van der Waals surface area contributed by atoms with Crippen molar-refractivity contribution in [3.8, 4) is 0 Å². The van der Waals surface area contributed by atoms with Gasteiger partial charge in [-0.05, 0) is 38.5 Å². The maximum Gasteiger partial charge on any atom is 0.246 e. The van der Waals surface area contributed by atoms with Gasteiger partial charge in [0, 0.05) is 13.1 Å². The summed E-state index contributed by atoms with van der Waals surface area (Å²) in [5, 5.41) is 0. The van der Waals surface area contributed by atoms with E-state index in [0.29, 0.717) is 0 Å². The third kappa shape index (κ3) is 2.45. The Hall–Kier alpha value is -1.06. The number of fused-ring (bicyclic) bond motifs is 1. The van der Waals surface area contributed by atoms with E-state index >= 15 is 0 Å². The standard InChI is InChI=1S/C16H26N2O2/c1-12-15(19)18-10-5-4-8-14(18)16(20)17(12)11-9-13-6-2-3-7-13/h12-14H,2-11H2,1H3. The summed E-state index contributed by atoms with van der Waals surface area (Å²) in [6.45, 7) is 3.45. The fourth-order valence-electron chi connectivity index (χ4n) is 4.13. The lowest BCUT2D eigenvalue weighted by atomic mass is 9.95. The third-order valence-electron chi connectivity index (χ3n) is 5.43. The minimum atomic E-state index is -0.252. The van der Waals surface area contributed by atoms with Crippen LogP contribution in [0.15, 0.2) is 0 Å². The molecule has 0 bridgehead atoms. The van der Waals surface area contributed by atoms with Crippen molar-refractivity contribution in [2.24, 2.45) is 5.92 Å². The number of hydrogen-bond acceptors (Lipinski definition) is 2. The Kier molecular flexibility index (Phi) is 3.99. The summed E-state index contributed by atoms with van der Waals surface area (Å²) in [6.07, 6.45) is 9.34. The molecule has 1 saturated carbocycles. The van der Waals surface area contributed by atoms with E-state index in [9.17, 15) is 9.59 Å². The van der Waals surface area contributed by atoms with E-state index in [1.807, 2.05) is 16.7 Å². The van der Waals surface area contributed by atoms with E-state index in [2.05, 4.69) is 0 Å². The minimum absolute atomic E-state index is 0.156. The Morgan fingerprint density at radius 2 is 1.70 bits per heavy atom. The average molecular weight is 278 g/mol. The maximum absolute atomic E-state index is 12.7. The SMILES string of the molecule is CC1C(=O)N2CCCCC2C(=O)N1CCC1CCCC1. The van der Waals surface area contributed by atoms with E-state index in [1.54, 1.807) is 0 Å². The van der Waals surface area contributed by atoms with Crippen molar-refractivity contribution in [2.75, 3.05) is 13.1 Å². The highest BCUT2D eigenvalue weighted by molar-refractivity contribution is 5.96. The first kappa shape index (κ1) is 13.9. The van der Waals surface area contributed by atoms with Crippen LogP contribution >= 0.6 is 0 Å². The number of amides is 2. The molecule has 0 aromatic rings. The lowest BCUT2D eigenvalue weighted by Gasteiger charge is -2.46. The second-order valence-corrected chi connectivity index (χ2v) is 6.69. The molecule has 2 aliphatic heterocycles. The molecule has 4 nitrogen and oxygen atoms in total. The number of hydrogen-bond donors (Lipinski definition) is 0. The zero-order chi connectivity index (χ0) is 14.1. The predicted molar refractivity (Wildman–Crippen MR) is 77.1 cm³/mol. The second kappa shape index (κ2) is 5.74. The largest absolute Gasteiger partial charge is 0.329 e. The van der Waals surface area contributed by atoms with Crippen LogP contribution in [-0.2, 0) is 9.59 Å². The van der Waals surface area contributed by atoms with E-state index in [4.69, 9.17) is 0 Å². The number of piperazine rings is 1. The van der Waals surface area contributed by atoms with Gasteiger partial charge in [-0.1, -0.05) is 25.7 Å². The van der Waals surface area contributed by atoms with Gasteiger partial charge in [-0.15, -0.1) is 0 Å². The summed E-state index contributed by atoms with van der Waals surface area (Å²) in [7, 11) is 0. The van der Waals surface area contributed by atoms with Crippen LogP contribution in [0.4, 0.5) is 0 Å². The summed E-state index contributed by atoms with van der Waals surface area (Å²) in [4.78, 5) is 28.8. The van der Waals surface area contributed by atoms with Crippen LogP contribution in [-0.4, -0.2) is 46.8 Å². The molecule has 1 aliphatic carbocycles.